The van der Waals surface area contributed by atoms with Gasteiger partial charge < -0.3 is 9.47 Å². The van der Waals surface area contributed by atoms with Gasteiger partial charge in [-0.3, -0.25) is 0 Å². The highest BCUT2D eigenvalue weighted by Gasteiger charge is 2.13. The molecule has 0 fully saturated rings. The van der Waals surface area contributed by atoms with Crippen LogP contribution in [-0.4, -0.2) is 23.2 Å². The molecule has 0 spiro atoms. The highest BCUT2D eigenvalue weighted by molar-refractivity contribution is 7.29. The molecule has 0 aliphatic carbocycles. The summed E-state index contributed by atoms with van der Waals surface area (Å²) in [5.74, 6) is 1.82. The van der Waals surface area contributed by atoms with Gasteiger partial charge in [-0.2, -0.15) is 0 Å². The Balaban J connectivity index is 1.45. The van der Waals surface area contributed by atoms with Crippen LogP contribution in [0.15, 0.2) is 48.5 Å². The number of hydrogen-bond acceptors (Lipinski definition) is 6. The first-order valence-corrected chi connectivity index (χ1v) is 12.1. The summed E-state index contributed by atoms with van der Waals surface area (Å²) < 4.78 is 11.5. The van der Waals surface area contributed by atoms with E-state index in [9.17, 15) is 0 Å². The van der Waals surface area contributed by atoms with Gasteiger partial charge in [0.1, 0.15) is 21.5 Å². The van der Waals surface area contributed by atoms with Crippen molar-refractivity contribution in [1.82, 2.24) is 9.97 Å². The lowest BCUT2D eigenvalue weighted by Crippen LogP contribution is -1.95. The molecule has 4 rings (SSSR count). The second kappa shape index (κ2) is 10.0. The highest BCUT2D eigenvalue weighted by Crippen LogP contribution is 2.37. The van der Waals surface area contributed by atoms with Crippen LogP contribution in [0.25, 0.3) is 30.8 Å². The Morgan fingerprint density at radius 1 is 0.633 bits per heavy atom. The fourth-order valence-electron chi connectivity index (χ4n) is 2.94. The van der Waals surface area contributed by atoms with Gasteiger partial charge in [0.05, 0.1) is 13.2 Å². The van der Waals surface area contributed by atoms with Crippen LogP contribution in [0.1, 0.15) is 39.5 Å². The Morgan fingerprint density at radius 2 is 1.03 bits per heavy atom. The van der Waals surface area contributed by atoms with Crippen LogP contribution >= 0.6 is 22.7 Å². The third kappa shape index (κ3) is 4.99. The Kier molecular flexibility index (Phi) is 6.97. The van der Waals surface area contributed by atoms with Crippen LogP contribution in [0.2, 0.25) is 0 Å². The van der Waals surface area contributed by atoms with Crippen molar-refractivity contribution in [1.29, 1.82) is 0 Å². The van der Waals surface area contributed by atoms with E-state index in [4.69, 9.17) is 19.4 Å². The maximum atomic E-state index is 5.75. The predicted molar refractivity (Wildman–Crippen MR) is 127 cm³/mol. The molecule has 2 heterocycles. The smallest absolute Gasteiger partial charge is 0.155 e. The maximum absolute atomic E-state index is 5.75. The molecule has 0 bridgehead atoms. The Morgan fingerprint density at radius 3 is 1.40 bits per heavy atom. The molecule has 0 aliphatic heterocycles. The first kappa shape index (κ1) is 20.8. The van der Waals surface area contributed by atoms with E-state index in [1.54, 1.807) is 22.7 Å². The van der Waals surface area contributed by atoms with Gasteiger partial charge >= 0.3 is 0 Å². The summed E-state index contributed by atoms with van der Waals surface area (Å²) in [5.41, 5.74) is 2.20. The van der Waals surface area contributed by atoms with E-state index in [0.29, 0.717) is 0 Å². The number of benzene rings is 2. The van der Waals surface area contributed by atoms with Crippen LogP contribution in [0, 0.1) is 0 Å². The molecule has 156 valence electrons. The summed E-state index contributed by atoms with van der Waals surface area (Å²) in [7, 11) is 0. The van der Waals surface area contributed by atoms with Gasteiger partial charge in [0.15, 0.2) is 9.66 Å². The lowest BCUT2D eigenvalue weighted by molar-refractivity contribution is 0.309. The van der Waals surface area contributed by atoms with E-state index in [-0.39, 0.29) is 0 Å². The maximum Gasteiger partial charge on any atom is 0.155 e. The molecule has 0 aliphatic rings. The molecule has 0 atom stereocenters. The lowest BCUT2D eigenvalue weighted by Gasteiger charge is -2.05. The summed E-state index contributed by atoms with van der Waals surface area (Å²) >= 11 is 3.27. The van der Waals surface area contributed by atoms with E-state index in [1.807, 2.05) is 24.3 Å². The molecule has 6 heteroatoms. The zero-order valence-corrected chi connectivity index (χ0v) is 19.0. The standard InChI is InChI=1S/C24H26N2O2S2/c1-3-5-15-27-19-11-7-17(8-12-19)21-25-23-24(29-21)26-22(30-23)18-9-13-20(14-10-18)28-16-6-4-2/h7-14H,3-6,15-16H2,1-2H3. The topological polar surface area (TPSA) is 44.2 Å². The van der Waals surface area contributed by atoms with Crippen molar-refractivity contribution in [2.45, 2.75) is 39.5 Å². The Hall–Kier alpha value is -2.44. The van der Waals surface area contributed by atoms with Crippen molar-refractivity contribution in [2.75, 3.05) is 13.2 Å². The van der Waals surface area contributed by atoms with Gasteiger partial charge in [0.25, 0.3) is 0 Å². The molecule has 4 aromatic rings. The van der Waals surface area contributed by atoms with Gasteiger partial charge in [-0.1, -0.05) is 49.4 Å². The minimum absolute atomic E-state index is 0.765. The average molecular weight is 439 g/mol. The summed E-state index contributed by atoms with van der Waals surface area (Å²) in [6, 6.07) is 16.4. The van der Waals surface area contributed by atoms with E-state index < -0.39 is 0 Å². The molecule has 0 saturated heterocycles. The number of ether oxygens (including phenoxy) is 2. The van der Waals surface area contributed by atoms with Crippen LogP contribution in [-0.2, 0) is 0 Å². The summed E-state index contributed by atoms with van der Waals surface area (Å²) in [6.07, 6.45) is 4.43. The molecule has 0 unspecified atom stereocenters. The number of nitrogens with zero attached hydrogens (tertiary/aromatic N) is 2. The lowest BCUT2D eigenvalue weighted by atomic mass is 10.2. The summed E-state index contributed by atoms with van der Waals surface area (Å²) in [5, 5.41) is 1.99. The second-order valence-corrected chi connectivity index (χ2v) is 9.06. The fourth-order valence-corrected chi connectivity index (χ4v) is 5.00. The quantitative estimate of drug-likeness (QED) is 0.241. The van der Waals surface area contributed by atoms with Gasteiger partial charge in [-0.25, -0.2) is 9.97 Å². The normalized spacial score (nSPS) is 11.1. The van der Waals surface area contributed by atoms with Crippen LogP contribution < -0.4 is 9.47 Å². The van der Waals surface area contributed by atoms with E-state index in [2.05, 4.69) is 38.1 Å². The third-order valence-electron chi connectivity index (χ3n) is 4.71. The molecular weight excluding hydrogens is 412 g/mol. The first-order chi connectivity index (χ1) is 14.8. The molecule has 2 aromatic heterocycles. The highest BCUT2D eigenvalue weighted by atomic mass is 32.1. The molecule has 0 saturated carbocycles. The summed E-state index contributed by atoms with van der Waals surface area (Å²) in [6.45, 7) is 5.86. The summed E-state index contributed by atoms with van der Waals surface area (Å²) in [4.78, 5) is 11.6. The van der Waals surface area contributed by atoms with Gasteiger partial charge in [-0.05, 0) is 61.4 Å². The van der Waals surface area contributed by atoms with Crippen molar-refractivity contribution in [3.05, 3.63) is 48.5 Å². The zero-order valence-electron chi connectivity index (χ0n) is 17.4. The number of aromatic nitrogens is 2. The van der Waals surface area contributed by atoms with Gasteiger partial charge in [0, 0.05) is 11.1 Å². The van der Waals surface area contributed by atoms with Crippen molar-refractivity contribution < 1.29 is 9.47 Å². The molecule has 0 radical (unpaired) electrons. The monoisotopic (exact) mass is 438 g/mol. The minimum atomic E-state index is 0.765. The predicted octanol–water partition coefficient (Wildman–Crippen LogP) is 7.44. The number of unbranched alkanes of at least 4 members (excludes halogenated alkanes) is 2. The molecule has 2 aromatic carbocycles. The van der Waals surface area contributed by atoms with Crippen LogP contribution in [0.5, 0.6) is 11.5 Å². The Labute approximate surface area is 185 Å². The molecule has 4 nitrogen and oxygen atoms in total. The van der Waals surface area contributed by atoms with Gasteiger partial charge in [-0.15, -0.1) is 0 Å². The number of thiazole rings is 2. The zero-order chi connectivity index (χ0) is 20.8. The SMILES string of the molecule is CCCCOc1ccc(-c2nc3sc(-c4ccc(OCCCC)cc4)nc3s2)cc1. The van der Waals surface area contributed by atoms with Gasteiger partial charge in [0.2, 0.25) is 0 Å². The van der Waals surface area contributed by atoms with E-state index in [1.165, 1.54) is 0 Å². The van der Waals surface area contributed by atoms with E-state index in [0.717, 1.165) is 81.2 Å². The number of rotatable bonds is 10. The third-order valence-corrected chi connectivity index (χ3v) is 6.84. The second-order valence-electron chi connectivity index (χ2n) is 7.10. The number of hydrogen-bond donors (Lipinski definition) is 0. The minimum Gasteiger partial charge on any atom is -0.494 e. The average Bonchev–Trinajstić information content (AvgIpc) is 3.35. The largest absolute Gasteiger partial charge is 0.494 e. The van der Waals surface area contributed by atoms with Crippen molar-refractivity contribution in [3.8, 4) is 32.6 Å². The Bertz CT molecular complexity index is 954. The van der Waals surface area contributed by atoms with Crippen LogP contribution in [0.4, 0.5) is 0 Å². The molecule has 30 heavy (non-hydrogen) atoms. The van der Waals surface area contributed by atoms with E-state index >= 15 is 0 Å². The van der Waals surface area contributed by atoms with Crippen molar-refractivity contribution >= 4 is 32.3 Å². The number of fused-ring (bicyclic) bond motifs is 1. The van der Waals surface area contributed by atoms with Crippen molar-refractivity contribution in [3.63, 3.8) is 0 Å². The fraction of sp³-hybridized carbons (Fsp3) is 0.333. The molecular formula is C24H26N2O2S2. The molecule has 0 N–H and O–H groups in total. The van der Waals surface area contributed by atoms with Crippen molar-refractivity contribution in [2.24, 2.45) is 0 Å². The van der Waals surface area contributed by atoms with Crippen LogP contribution in [0.3, 0.4) is 0 Å². The molecule has 0 amide bonds. The first-order valence-electron chi connectivity index (χ1n) is 10.5.